The van der Waals surface area contributed by atoms with Crippen LogP contribution in [0.5, 0.6) is 0 Å². The molecule has 0 unspecified atom stereocenters. The van der Waals surface area contributed by atoms with Gasteiger partial charge >= 0.3 is 0 Å². The maximum atomic E-state index is 13.2. The van der Waals surface area contributed by atoms with Gasteiger partial charge in [0.1, 0.15) is 29.1 Å². The van der Waals surface area contributed by atoms with Crippen LogP contribution in [0.2, 0.25) is 5.02 Å². The van der Waals surface area contributed by atoms with E-state index in [1.165, 1.54) is 12.1 Å². The van der Waals surface area contributed by atoms with E-state index in [0.29, 0.717) is 29.0 Å². The minimum absolute atomic E-state index is 0.0510. The largest absolute Gasteiger partial charge is 0.340 e. The summed E-state index contributed by atoms with van der Waals surface area (Å²) in [6, 6.07) is 18.0. The summed E-state index contributed by atoms with van der Waals surface area (Å²) in [5.41, 5.74) is 1.53. The lowest BCUT2D eigenvalue weighted by molar-refractivity contribution is 0.102. The van der Waals surface area contributed by atoms with Gasteiger partial charge in [-0.2, -0.15) is 0 Å². The van der Waals surface area contributed by atoms with Gasteiger partial charge in [0.25, 0.3) is 5.91 Å². The van der Waals surface area contributed by atoms with Gasteiger partial charge in [0, 0.05) is 23.6 Å². The molecule has 0 aliphatic rings. The van der Waals surface area contributed by atoms with Crippen LogP contribution in [-0.4, -0.2) is 20.9 Å². The van der Waals surface area contributed by atoms with Crippen molar-refractivity contribution in [2.75, 3.05) is 16.0 Å². The Morgan fingerprint density at radius 3 is 2.28 bits per heavy atom. The molecule has 0 radical (unpaired) electrons. The summed E-state index contributed by atoms with van der Waals surface area (Å²) in [7, 11) is 0. The molecule has 2 aromatic carbocycles. The third-order valence-corrected chi connectivity index (χ3v) is 4.66. The summed E-state index contributed by atoms with van der Waals surface area (Å²) >= 11 is 5.95. The number of carbonyl (C=O) groups is 1. The molecule has 3 N–H and O–H groups in total. The second kappa shape index (κ2) is 9.40. The molecule has 9 heteroatoms. The normalized spacial score (nSPS) is 10.5. The molecule has 0 bridgehead atoms. The molecular formula is C23H18ClFN6O. The Kier molecular flexibility index (Phi) is 6.23. The van der Waals surface area contributed by atoms with Crippen molar-refractivity contribution in [3.8, 4) is 0 Å². The molecular weight excluding hydrogens is 431 g/mol. The summed E-state index contributed by atoms with van der Waals surface area (Å²) < 4.78 is 13.2. The van der Waals surface area contributed by atoms with Crippen molar-refractivity contribution in [2.45, 2.75) is 6.92 Å². The van der Waals surface area contributed by atoms with E-state index >= 15 is 0 Å². The quantitative estimate of drug-likeness (QED) is 0.350. The number of pyridine rings is 1. The summed E-state index contributed by atoms with van der Waals surface area (Å²) in [4.78, 5) is 25.4. The second-order valence-corrected chi connectivity index (χ2v) is 7.21. The summed E-state index contributed by atoms with van der Waals surface area (Å²) in [5, 5.41) is 9.14. The number of amides is 1. The van der Waals surface area contributed by atoms with E-state index in [2.05, 4.69) is 30.9 Å². The van der Waals surface area contributed by atoms with Gasteiger partial charge in [0.15, 0.2) is 0 Å². The molecule has 0 saturated carbocycles. The third-order valence-electron chi connectivity index (χ3n) is 4.35. The fraction of sp³-hybridized carbons (Fsp3) is 0.0435. The number of anilines is 5. The molecule has 160 valence electrons. The number of nitrogens with zero attached hydrogens (tertiary/aromatic N) is 3. The summed E-state index contributed by atoms with van der Waals surface area (Å²) in [6.07, 6.45) is 1.69. The Hall–Kier alpha value is -4.04. The molecule has 2 aromatic heterocycles. The minimum Gasteiger partial charge on any atom is -0.340 e. The number of aromatic nitrogens is 3. The predicted molar refractivity (Wildman–Crippen MR) is 123 cm³/mol. The lowest BCUT2D eigenvalue weighted by Crippen LogP contribution is -2.12. The first-order valence-corrected chi connectivity index (χ1v) is 10.0. The standard InChI is InChI=1S/C23H18ClFN6O/c1-14-27-21(13-22(28-14)31-20-4-2-3-11-26-20)29-16-6-8-17(9-7-16)30-23(32)18-10-5-15(25)12-19(18)24/h2-13H,1H3,(H,30,32)(H2,26,27,28,29,31). The Morgan fingerprint density at radius 1 is 0.875 bits per heavy atom. The first kappa shape index (κ1) is 21.2. The van der Waals surface area contributed by atoms with E-state index in [0.717, 1.165) is 11.8 Å². The predicted octanol–water partition coefficient (Wildman–Crippen LogP) is 5.71. The van der Waals surface area contributed by atoms with Crippen LogP contribution in [0.15, 0.2) is 72.9 Å². The molecule has 7 nitrogen and oxygen atoms in total. The highest BCUT2D eigenvalue weighted by Crippen LogP contribution is 2.22. The topological polar surface area (TPSA) is 91.8 Å². The molecule has 0 aliphatic carbocycles. The third kappa shape index (κ3) is 5.35. The maximum absolute atomic E-state index is 13.2. The number of nitrogens with one attached hydrogen (secondary N) is 3. The van der Waals surface area contributed by atoms with Crippen LogP contribution in [0.25, 0.3) is 0 Å². The van der Waals surface area contributed by atoms with Crippen LogP contribution in [0.3, 0.4) is 0 Å². The number of rotatable bonds is 6. The van der Waals surface area contributed by atoms with E-state index < -0.39 is 11.7 Å². The highest BCUT2D eigenvalue weighted by atomic mass is 35.5. The van der Waals surface area contributed by atoms with Crippen LogP contribution in [0.1, 0.15) is 16.2 Å². The number of hydrogen-bond acceptors (Lipinski definition) is 6. The lowest BCUT2D eigenvalue weighted by atomic mass is 10.2. The number of aryl methyl sites for hydroxylation is 1. The Morgan fingerprint density at radius 2 is 1.59 bits per heavy atom. The maximum Gasteiger partial charge on any atom is 0.257 e. The van der Waals surface area contributed by atoms with Crippen molar-refractivity contribution in [3.63, 3.8) is 0 Å². The molecule has 0 saturated heterocycles. The summed E-state index contributed by atoms with van der Waals surface area (Å²) in [6.45, 7) is 1.80. The van der Waals surface area contributed by atoms with Gasteiger partial charge in [-0.1, -0.05) is 17.7 Å². The van der Waals surface area contributed by atoms with Crippen molar-refractivity contribution >= 4 is 46.3 Å². The summed E-state index contributed by atoms with van der Waals surface area (Å²) in [5.74, 6) is 1.56. The molecule has 1 amide bonds. The van der Waals surface area contributed by atoms with Gasteiger partial charge in [-0.25, -0.2) is 19.3 Å². The first-order valence-electron chi connectivity index (χ1n) is 9.63. The number of hydrogen-bond donors (Lipinski definition) is 3. The van der Waals surface area contributed by atoms with E-state index in [1.54, 1.807) is 43.5 Å². The van der Waals surface area contributed by atoms with E-state index in [-0.39, 0.29) is 10.6 Å². The van der Waals surface area contributed by atoms with Crippen molar-refractivity contribution in [1.82, 2.24) is 15.0 Å². The van der Waals surface area contributed by atoms with Gasteiger partial charge in [0.2, 0.25) is 0 Å². The van der Waals surface area contributed by atoms with Crippen LogP contribution >= 0.6 is 11.6 Å². The number of carbonyl (C=O) groups excluding carboxylic acids is 1. The van der Waals surface area contributed by atoms with Gasteiger partial charge in [-0.15, -0.1) is 0 Å². The molecule has 2 heterocycles. The van der Waals surface area contributed by atoms with Crippen molar-refractivity contribution in [2.24, 2.45) is 0 Å². The molecule has 0 fully saturated rings. The highest BCUT2D eigenvalue weighted by Gasteiger charge is 2.11. The van der Waals surface area contributed by atoms with Gasteiger partial charge in [0.05, 0.1) is 10.6 Å². The van der Waals surface area contributed by atoms with E-state index in [9.17, 15) is 9.18 Å². The SMILES string of the molecule is Cc1nc(Nc2ccc(NC(=O)c3ccc(F)cc3Cl)cc2)cc(Nc2ccccn2)n1. The monoisotopic (exact) mass is 448 g/mol. The van der Waals surface area contributed by atoms with Crippen molar-refractivity contribution < 1.29 is 9.18 Å². The van der Waals surface area contributed by atoms with Crippen LogP contribution < -0.4 is 16.0 Å². The molecule has 32 heavy (non-hydrogen) atoms. The zero-order valence-corrected chi connectivity index (χ0v) is 17.7. The van der Waals surface area contributed by atoms with Crippen molar-refractivity contribution in [3.05, 3.63) is 95.2 Å². The Balaban J connectivity index is 1.44. The molecule has 0 aliphatic heterocycles. The fourth-order valence-corrected chi connectivity index (χ4v) is 3.17. The average molecular weight is 449 g/mol. The fourth-order valence-electron chi connectivity index (χ4n) is 2.92. The van der Waals surface area contributed by atoms with E-state index in [4.69, 9.17) is 11.6 Å². The van der Waals surface area contributed by atoms with Gasteiger partial charge < -0.3 is 16.0 Å². The molecule has 0 atom stereocenters. The number of benzene rings is 2. The Bertz CT molecular complexity index is 1250. The zero-order valence-electron chi connectivity index (χ0n) is 16.9. The molecule has 4 aromatic rings. The molecule has 0 spiro atoms. The van der Waals surface area contributed by atoms with E-state index in [1.807, 2.05) is 18.2 Å². The smallest absolute Gasteiger partial charge is 0.257 e. The van der Waals surface area contributed by atoms with Gasteiger partial charge in [-0.05, 0) is 61.5 Å². The van der Waals surface area contributed by atoms with Crippen LogP contribution in [0, 0.1) is 12.7 Å². The van der Waals surface area contributed by atoms with Crippen LogP contribution in [-0.2, 0) is 0 Å². The lowest BCUT2D eigenvalue weighted by Gasteiger charge is -2.11. The van der Waals surface area contributed by atoms with Crippen molar-refractivity contribution in [1.29, 1.82) is 0 Å². The zero-order chi connectivity index (χ0) is 22.5. The average Bonchev–Trinajstić information content (AvgIpc) is 2.75. The highest BCUT2D eigenvalue weighted by molar-refractivity contribution is 6.34. The van der Waals surface area contributed by atoms with Gasteiger partial charge in [-0.3, -0.25) is 4.79 Å². The number of halogens is 2. The van der Waals surface area contributed by atoms with Crippen LogP contribution in [0.4, 0.5) is 33.2 Å². The Labute approximate surface area is 188 Å². The molecule has 4 rings (SSSR count). The minimum atomic E-state index is -0.500. The first-order chi connectivity index (χ1) is 15.5. The second-order valence-electron chi connectivity index (χ2n) is 6.81.